The Hall–Kier alpha value is -2.40. The van der Waals surface area contributed by atoms with Gasteiger partial charge in [-0.2, -0.15) is 0 Å². The number of esters is 1. The fraction of sp³-hybridized carbons (Fsp3) is 0.250. The third-order valence-electron chi connectivity index (χ3n) is 3.02. The number of carbonyl (C=O) groups is 1. The molecule has 0 amide bonds. The van der Waals surface area contributed by atoms with E-state index in [4.69, 9.17) is 10.5 Å². The highest BCUT2D eigenvalue weighted by molar-refractivity contribution is 5.88. The summed E-state index contributed by atoms with van der Waals surface area (Å²) in [7, 11) is 1.34. The van der Waals surface area contributed by atoms with E-state index in [9.17, 15) is 4.79 Å². The number of ether oxygens (including phenoxy) is 2. The van der Waals surface area contributed by atoms with Crippen LogP contribution < -0.4 is 10.5 Å². The van der Waals surface area contributed by atoms with Crippen molar-refractivity contribution in [3.63, 3.8) is 0 Å². The zero-order chi connectivity index (χ0) is 15.2. The number of nitrogens with two attached hydrogens (primary N) is 1. The fourth-order valence-corrected chi connectivity index (χ4v) is 1.79. The zero-order valence-corrected chi connectivity index (χ0v) is 12.1. The summed E-state index contributed by atoms with van der Waals surface area (Å²) in [5.41, 5.74) is 8.00. The average molecular weight is 286 g/mol. The highest BCUT2D eigenvalue weighted by Crippen LogP contribution is 2.18. The van der Waals surface area contributed by atoms with E-state index in [2.05, 4.69) is 9.72 Å². The van der Waals surface area contributed by atoms with E-state index in [0.717, 1.165) is 17.0 Å². The average Bonchev–Trinajstić information content (AvgIpc) is 2.53. The van der Waals surface area contributed by atoms with Crippen LogP contribution in [0.15, 0.2) is 42.6 Å². The molecule has 1 atom stereocenters. The lowest BCUT2D eigenvalue weighted by Gasteiger charge is -2.10. The predicted octanol–water partition coefficient (Wildman–Crippen LogP) is 2.47. The van der Waals surface area contributed by atoms with Gasteiger partial charge in [0.05, 0.1) is 18.4 Å². The van der Waals surface area contributed by atoms with Gasteiger partial charge in [-0.3, -0.25) is 4.98 Å². The van der Waals surface area contributed by atoms with Crippen molar-refractivity contribution in [1.29, 1.82) is 0 Å². The van der Waals surface area contributed by atoms with Crippen LogP contribution in [0, 0.1) is 0 Å². The summed E-state index contributed by atoms with van der Waals surface area (Å²) in [5.74, 6) is 0.336. The molecule has 0 aliphatic carbocycles. The maximum atomic E-state index is 11.3. The summed E-state index contributed by atoms with van der Waals surface area (Å²) < 4.78 is 10.3. The quantitative estimate of drug-likeness (QED) is 0.855. The Balaban J connectivity index is 2.00. The first kappa shape index (κ1) is 15.0. The lowest BCUT2D eigenvalue weighted by molar-refractivity contribution is 0.0600. The Kier molecular flexibility index (Phi) is 4.90. The summed E-state index contributed by atoms with van der Waals surface area (Å²) >= 11 is 0. The number of benzene rings is 1. The minimum absolute atomic E-state index is 0.0361. The molecule has 1 aromatic heterocycles. The smallest absolute Gasteiger partial charge is 0.339 e. The van der Waals surface area contributed by atoms with E-state index in [1.54, 1.807) is 12.1 Å². The first-order chi connectivity index (χ1) is 10.1. The lowest BCUT2D eigenvalue weighted by Crippen LogP contribution is -2.06. The molecule has 5 nitrogen and oxygen atoms in total. The molecule has 21 heavy (non-hydrogen) atoms. The van der Waals surface area contributed by atoms with Gasteiger partial charge >= 0.3 is 5.97 Å². The SMILES string of the molecule is COC(=O)c1ccc(COc2cccc(C(C)N)c2)nc1. The summed E-state index contributed by atoms with van der Waals surface area (Å²) in [4.78, 5) is 15.5. The van der Waals surface area contributed by atoms with E-state index >= 15 is 0 Å². The molecule has 0 saturated heterocycles. The third-order valence-corrected chi connectivity index (χ3v) is 3.02. The Bertz CT molecular complexity index is 609. The van der Waals surface area contributed by atoms with Crippen molar-refractivity contribution < 1.29 is 14.3 Å². The maximum absolute atomic E-state index is 11.3. The van der Waals surface area contributed by atoms with Crippen LogP contribution in [0.5, 0.6) is 5.75 Å². The molecular weight excluding hydrogens is 268 g/mol. The summed E-state index contributed by atoms with van der Waals surface area (Å²) in [5, 5.41) is 0. The number of aromatic nitrogens is 1. The highest BCUT2D eigenvalue weighted by Gasteiger charge is 2.06. The van der Waals surface area contributed by atoms with Gasteiger partial charge < -0.3 is 15.2 Å². The van der Waals surface area contributed by atoms with Gasteiger partial charge in [0.2, 0.25) is 0 Å². The van der Waals surface area contributed by atoms with Crippen LogP contribution in [0.25, 0.3) is 0 Å². The van der Waals surface area contributed by atoms with Crippen LogP contribution in [-0.2, 0) is 11.3 Å². The Morgan fingerprint density at radius 2 is 2.14 bits per heavy atom. The molecule has 0 spiro atoms. The molecule has 2 aromatic rings. The van der Waals surface area contributed by atoms with Crippen LogP contribution >= 0.6 is 0 Å². The van der Waals surface area contributed by atoms with Gasteiger partial charge in [-0.25, -0.2) is 4.79 Å². The molecule has 5 heteroatoms. The number of rotatable bonds is 5. The van der Waals surface area contributed by atoms with Crippen LogP contribution in [0.1, 0.15) is 34.6 Å². The largest absolute Gasteiger partial charge is 0.487 e. The molecule has 0 aliphatic heterocycles. The Morgan fingerprint density at radius 1 is 1.33 bits per heavy atom. The van der Waals surface area contributed by atoms with Gasteiger partial charge in [-0.05, 0) is 36.8 Å². The first-order valence-electron chi connectivity index (χ1n) is 6.61. The number of nitrogens with zero attached hydrogens (tertiary/aromatic N) is 1. The van der Waals surface area contributed by atoms with Crippen LogP contribution in [0.4, 0.5) is 0 Å². The molecule has 2 rings (SSSR count). The molecular formula is C16H18N2O3. The second kappa shape index (κ2) is 6.85. The number of hydrogen-bond acceptors (Lipinski definition) is 5. The van der Waals surface area contributed by atoms with Crippen LogP contribution in [-0.4, -0.2) is 18.1 Å². The van der Waals surface area contributed by atoms with Crippen molar-refractivity contribution in [1.82, 2.24) is 4.98 Å². The molecule has 0 bridgehead atoms. The predicted molar refractivity (Wildman–Crippen MR) is 79.0 cm³/mol. The zero-order valence-electron chi connectivity index (χ0n) is 12.1. The number of methoxy groups -OCH3 is 1. The highest BCUT2D eigenvalue weighted by atomic mass is 16.5. The molecule has 0 saturated carbocycles. The molecule has 0 aliphatic rings. The Labute approximate surface area is 123 Å². The van der Waals surface area contributed by atoms with Gasteiger partial charge in [0.25, 0.3) is 0 Å². The molecule has 110 valence electrons. The van der Waals surface area contributed by atoms with Gasteiger partial charge in [0.1, 0.15) is 12.4 Å². The molecule has 1 unspecified atom stereocenters. The monoisotopic (exact) mass is 286 g/mol. The van der Waals surface area contributed by atoms with E-state index in [-0.39, 0.29) is 6.04 Å². The van der Waals surface area contributed by atoms with Crippen molar-refractivity contribution >= 4 is 5.97 Å². The summed E-state index contributed by atoms with van der Waals surface area (Å²) in [6.45, 7) is 2.25. The fourth-order valence-electron chi connectivity index (χ4n) is 1.79. The van der Waals surface area contributed by atoms with Crippen LogP contribution in [0.3, 0.4) is 0 Å². The normalized spacial score (nSPS) is 11.8. The number of pyridine rings is 1. The minimum Gasteiger partial charge on any atom is -0.487 e. The summed E-state index contributed by atoms with van der Waals surface area (Å²) in [6, 6.07) is 11.0. The number of hydrogen-bond donors (Lipinski definition) is 1. The number of carbonyl (C=O) groups excluding carboxylic acids is 1. The van der Waals surface area contributed by atoms with Gasteiger partial charge in [-0.15, -0.1) is 0 Å². The maximum Gasteiger partial charge on any atom is 0.339 e. The van der Waals surface area contributed by atoms with E-state index in [1.165, 1.54) is 13.3 Å². The molecule has 1 heterocycles. The first-order valence-corrected chi connectivity index (χ1v) is 6.61. The molecule has 0 fully saturated rings. The van der Waals surface area contributed by atoms with E-state index in [0.29, 0.717) is 12.2 Å². The standard InChI is InChI=1S/C16H18N2O3/c1-11(17)12-4-3-5-15(8-12)21-10-14-7-6-13(9-18-14)16(19)20-2/h3-9,11H,10,17H2,1-2H3. The Morgan fingerprint density at radius 3 is 2.76 bits per heavy atom. The third kappa shape index (κ3) is 4.03. The topological polar surface area (TPSA) is 74.4 Å². The molecule has 0 radical (unpaired) electrons. The van der Waals surface area contributed by atoms with Crippen molar-refractivity contribution in [3.8, 4) is 5.75 Å². The van der Waals surface area contributed by atoms with Crippen LogP contribution in [0.2, 0.25) is 0 Å². The van der Waals surface area contributed by atoms with Crippen molar-refractivity contribution in [2.24, 2.45) is 5.73 Å². The second-order valence-electron chi connectivity index (χ2n) is 4.68. The van der Waals surface area contributed by atoms with E-state index < -0.39 is 5.97 Å². The molecule has 2 N–H and O–H groups in total. The van der Waals surface area contributed by atoms with E-state index in [1.807, 2.05) is 31.2 Å². The van der Waals surface area contributed by atoms with Crippen molar-refractivity contribution in [2.45, 2.75) is 19.6 Å². The minimum atomic E-state index is -0.403. The second-order valence-corrected chi connectivity index (χ2v) is 4.68. The van der Waals surface area contributed by atoms with Gasteiger partial charge in [0, 0.05) is 12.2 Å². The van der Waals surface area contributed by atoms with Crippen molar-refractivity contribution in [2.75, 3.05) is 7.11 Å². The van der Waals surface area contributed by atoms with Gasteiger partial charge in [0.15, 0.2) is 0 Å². The van der Waals surface area contributed by atoms with Gasteiger partial charge in [-0.1, -0.05) is 12.1 Å². The summed E-state index contributed by atoms with van der Waals surface area (Å²) in [6.07, 6.45) is 1.48. The lowest BCUT2D eigenvalue weighted by atomic mass is 10.1. The van der Waals surface area contributed by atoms with Crippen molar-refractivity contribution in [3.05, 3.63) is 59.4 Å². The molecule has 1 aromatic carbocycles.